The maximum absolute atomic E-state index is 13.5. The zero-order valence-corrected chi connectivity index (χ0v) is 24.6. The molecule has 0 unspecified atom stereocenters. The molecule has 0 radical (unpaired) electrons. The van der Waals surface area contributed by atoms with Crippen LogP contribution in [0, 0.1) is 0 Å². The molecule has 12 nitrogen and oxygen atoms in total. The van der Waals surface area contributed by atoms with Gasteiger partial charge in [-0.05, 0) is 35.9 Å². The Morgan fingerprint density at radius 3 is 2.44 bits per heavy atom. The van der Waals surface area contributed by atoms with E-state index in [1.54, 1.807) is 35.7 Å². The normalized spacial score (nSPS) is 11.9. The molecule has 0 aliphatic rings. The van der Waals surface area contributed by atoms with Gasteiger partial charge < -0.3 is 10.1 Å². The molecule has 0 atom stereocenters. The van der Waals surface area contributed by atoms with Crippen molar-refractivity contribution in [3.63, 3.8) is 0 Å². The van der Waals surface area contributed by atoms with E-state index in [-0.39, 0.29) is 39.2 Å². The average molecular weight is 633 g/mol. The Kier molecular flexibility index (Phi) is 7.70. The predicted octanol–water partition coefficient (Wildman–Crippen LogP) is 4.16. The fourth-order valence-corrected chi connectivity index (χ4v) is 6.66. The van der Waals surface area contributed by atoms with Crippen LogP contribution >= 0.6 is 22.9 Å². The number of sulfonamides is 1. The topological polar surface area (TPSA) is 162 Å². The zero-order chi connectivity index (χ0) is 29.4. The van der Waals surface area contributed by atoms with Gasteiger partial charge in [-0.2, -0.15) is 17.6 Å². The van der Waals surface area contributed by atoms with Crippen LogP contribution in [0.25, 0.3) is 22.0 Å². The summed E-state index contributed by atoms with van der Waals surface area (Å²) >= 11 is 7.06. The molecular weight excluding hydrogens is 612 g/mol. The Morgan fingerprint density at radius 1 is 1.05 bits per heavy atom. The first-order chi connectivity index (χ1) is 19.5. The van der Waals surface area contributed by atoms with Crippen LogP contribution in [0.3, 0.4) is 0 Å². The maximum atomic E-state index is 13.5. The Labute approximate surface area is 244 Å². The van der Waals surface area contributed by atoms with Crippen molar-refractivity contribution in [3.05, 3.63) is 77.0 Å². The lowest BCUT2D eigenvalue weighted by molar-refractivity contribution is 0.102. The van der Waals surface area contributed by atoms with Gasteiger partial charge in [0, 0.05) is 22.5 Å². The van der Waals surface area contributed by atoms with Gasteiger partial charge in [0.25, 0.3) is 15.9 Å². The quantitative estimate of drug-likeness (QED) is 0.227. The number of pyridine rings is 1. The molecule has 5 rings (SSSR count). The number of alkyl halides is 1. The van der Waals surface area contributed by atoms with Crippen LogP contribution < -0.4 is 14.8 Å². The molecule has 0 saturated carbocycles. The fraction of sp³-hybridized carbons (Fsp3) is 0.120. The van der Waals surface area contributed by atoms with E-state index in [1.807, 2.05) is 0 Å². The molecule has 0 spiro atoms. The summed E-state index contributed by atoms with van der Waals surface area (Å²) in [5, 5.41) is 9.40. The van der Waals surface area contributed by atoms with E-state index in [1.165, 1.54) is 49.0 Å². The van der Waals surface area contributed by atoms with Crippen molar-refractivity contribution in [2.75, 3.05) is 23.4 Å². The van der Waals surface area contributed by atoms with Crippen molar-refractivity contribution in [1.82, 2.24) is 19.2 Å². The fourth-order valence-electron chi connectivity index (χ4n) is 3.97. The van der Waals surface area contributed by atoms with Crippen LogP contribution in [-0.4, -0.2) is 55.3 Å². The molecule has 2 N–H and O–H groups in total. The highest BCUT2D eigenvalue weighted by atomic mass is 35.5. The summed E-state index contributed by atoms with van der Waals surface area (Å²) in [5.41, 5.74) is 1.42. The average Bonchev–Trinajstić information content (AvgIpc) is 3.61. The first-order valence-electron chi connectivity index (χ1n) is 11.7. The smallest absolute Gasteiger partial charge is 0.283 e. The third-order valence-corrected chi connectivity index (χ3v) is 9.21. The number of carbonyl (C=O) groups is 1. The molecule has 16 heteroatoms. The number of halogens is 1. The summed E-state index contributed by atoms with van der Waals surface area (Å²) in [6, 6.07) is 12.4. The molecule has 0 saturated heterocycles. The molecule has 41 heavy (non-hydrogen) atoms. The molecule has 3 aromatic heterocycles. The summed E-state index contributed by atoms with van der Waals surface area (Å²) in [5.74, 6) is -0.359. The molecule has 5 aromatic rings. The van der Waals surface area contributed by atoms with E-state index in [4.69, 9.17) is 16.3 Å². The van der Waals surface area contributed by atoms with Crippen LogP contribution in [0.15, 0.2) is 71.2 Å². The van der Waals surface area contributed by atoms with E-state index >= 15 is 0 Å². The lowest BCUT2D eigenvalue weighted by Gasteiger charge is -2.13. The van der Waals surface area contributed by atoms with Gasteiger partial charge in [-0.15, -0.1) is 22.9 Å². The molecule has 212 valence electrons. The van der Waals surface area contributed by atoms with Gasteiger partial charge in [0.2, 0.25) is 15.9 Å². The van der Waals surface area contributed by atoms with Gasteiger partial charge in [0.05, 0.1) is 41.5 Å². The number of aromatic nitrogens is 4. The van der Waals surface area contributed by atoms with Crippen LogP contribution in [-0.2, 0) is 25.9 Å². The predicted molar refractivity (Wildman–Crippen MR) is 157 cm³/mol. The van der Waals surface area contributed by atoms with E-state index < -0.39 is 26.0 Å². The standard InChI is InChI=1S/C25H21ClN6O6S3/c1-38-25-20(31-40(2,34)35)9-16(12-27-25)15-8-19(30-24(33)21-14-39-23(11-26)29-21)18-13-28-32(22(18)10-15)41(36,37)17-6-4-3-5-7-17/h3-10,12-14,31H,11H2,1-2H3,(H,30,33). The van der Waals surface area contributed by atoms with E-state index in [0.717, 1.165) is 10.3 Å². The Hall–Kier alpha value is -4.05. The number of rotatable bonds is 9. The number of methoxy groups -OCH3 is 1. The molecule has 3 heterocycles. The molecule has 0 bridgehead atoms. The zero-order valence-electron chi connectivity index (χ0n) is 21.4. The summed E-state index contributed by atoms with van der Waals surface area (Å²) in [4.78, 5) is 21.5. The van der Waals surface area contributed by atoms with Gasteiger partial charge >= 0.3 is 0 Å². The van der Waals surface area contributed by atoms with Crippen LogP contribution in [0.2, 0.25) is 0 Å². The van der Waals surface area contributed by atoms with Gasteiger partial charge in [0.1, 0.15) is 16.4 Å². The number of fused-ring (bicyclic) bond motifs is 1. The Balaban J connectivity index is 1.70. The van der Waals surface area contributed by atoms with Crippen molar-refractivity contribution in [3.8, 4) is 17.0 Å². The van der Waals surface area contributed by atoms with Crippen molar-refractivity contribution >= 4 is 71.2 Å². The lowest BCUT2D eigenvalue weighted by Crippen LogP contribution is -2.15. The summed E-state index contributed by atoms with van der Waals surface area (Å²) < 4.78 is 59.4. The SMILES string of the molecule is COc1ncc(-c2cc(NC(=O)c3csc(CCl)n3)c3cnn(S(=O)(=O)c4ccccc4)c3c2)cc1NS(C)(=O)=O. The van der Waals surface area contributed by atoms with Crippen LogP contribution in [0.4, 0.5) is 11.4 Å². The molecule has 2 aromatic carbocycles. The van der Waals surface area contributed by atoms with Gasteiger partial charge in [-0.3, -0.25) is 9.52 Å². The molecule has 0 fully saturated rings. The van der Waals surface area contributed by atoms with Gasteiger partial charge in [0.15, 0.2) is 0 Å². The molecule has 0 aliphatic carbocycles. The van der Waals surface area contributed by atoms with E-state index in [0.29, 0.717) is 21.5 Å². The van der Waals surface area contributed by atoms with Gasteiger partial charge in [-0.1, -0.05) is 18.2 Å². The van der Waals surface area contributed by atoms with Crippen molar-refractivity contribution in [2.45, 2.75) is 10.8 Å². The van der Waals surface area contributed by atoms with E-state index in [2.05, 4.69) is 25.1 Å². The largest absolute Gasteiger partial charge is 0.480 e. The Bertz CT molecular complexity index is 1990. The first kappa shape index (κ1) is 28.5. The van der Waals surface area contributed by atoms with Crippen LogP contribution in [0.1, 0.15) is 15.5 Å². The maximum Gasteiger partial charge on any atom is 0.283 e. The number of ether oxygens (including phenoxy) is 1. The highest BCUT2D eigenvalue weighted by molar-refractivity contribution is 7.92. The van der Waals surface area contributed by atoms with Crippen molar-refractivity contribution in [2.24, 2.45) is 0 Å². The van der Waals surface area contributed by atoms with Crippen molar-refractivity contribution < 1.29 is 26.4 Å². The number of thiazole rings is 1. The minimum Gasteiger partial charge on any atom is -0.480 e. The van der Waals surface area contributed by atoms with Crippen LogP contribution in [0.5, 0.6) is 5.88 Å². The van der Waals surface area contributed by atoms with Crippen molar-refractivity contribution in [1.29, 1.82) is 0 Å². The van der Waals surface area contributed by atoms with E-state index in [9.17, 15) is 21.6 Å². The monoisotopic (exact) mass is 632 g/mol. The number of amides is 1. The minimum absolute atomic E-state index is 0.0165. The number of nitrogens with zero attached hydrogens (tertiary/aromatic N) is 4. The van der Waals surface area contributed by atoms with Gasteiger partial charge in [-0.25, -0.2) is 18.4 Å². The highest BCUT2D eigenvalue weighted by Crippen LogP contribution is 2.35. The number of hydrogen-bond acceptors (Lipinski definition) is 10. The number of anilines is 2. The second-order valence-corrected chi connectivity index (χ2v) is 13.4. The Morgan fingerprint density at radius 2 is 1.78 bits per heavy atom. The lowest BCUT2D eigenvalue weighted by atomic mass is 10.0. The third kappa shape index (κ3) is 5.88. The highest BCUT2D eigenvalue weighted by Gasteiger charge is 2.23. The second kappa shape index (κ2) is 11.1. The number of nitrogens with one attached hydrogen (secondary N) is 2. The number of carbonyl (C=O) groups excluding carboxylic acids is 1. The molecular formula is C25H21ClN6O6S3. The molecule has 0 aliphatic heterocycles. The third-order valence-electron chi connectivity index (χ3n) is 5.74. The summed E-state index contributed by atoms with van der Waals surface area (Å²) in [6.45, 7) is 0. The first-order valence-corrected chi connectivity index (χ1v) is 16.4. The number of benzene rings is 2. The second-order valence-electron chi connectivity index (χ2n) is 8.63. The number of hydrogen-bond donors (Lipinski definition) is 2. The molecule has 1 amide bonds. The summed E-state index contributed by atoms with van der Waals surface area (Å²) in [6.07, 6.45) is 3.75. The summed E-state index contributed by atoms with van der Waals surface area (Å²) in [7, 11) is -6.46. The minimum atomic E-state index is -4.12.